The number of anilines is 1. The minimum absolute atomic E-state index is 0.255. The van der Waals surface area contributed by atoms with Crippen LogP contribution in [0.2, 0.25) is 0 Å². The van der Waals surface area contributed by atoms with Crippen LogP contribution in [0.25, 0.3) is 0 Å². The molecule has 2 N–H and O–H groups in total. The maximum atomic E-state index is 9.13. The Hall–Kier alpha value is -1.36. The zero-order valence-electron chi connectivity index (χ0n) is 10.7. The molecule has 0 amide bonds. The van der Waals surface area contributed by atoms with Crippen LogP contribution in [0.1, 0.15) is 32.4 Å². The first-order valence-corrected chi connectivity index (χ1v) is 6.02. The standard InChI is InChI=1S/C12H21N3O2/c1-4-17-11-8-9(2)14-12(15-11)13-7-5-6-10(3)16/h8,10,16H,4-7H2,1-3H3,(H,13,14,15). The van der Waals surface area contributed by atoms with Crippen molar-refractivity contribution in [1.82, 2.24) is 9.97 Å². The highest BCUT2D eigenvalue weighted by Gasteiger charge is 2.02. The Morgan fingerprint density at radius 3 is 2.88 bits per heavy atom. The highest BCUT2D eigenvalue weighted by Crippen LogP contribution is 2.11. The molecule has 5 nitrogen and oxygen atoms in total. The minimum Gasteiger partial charge on any atom is -0.478 e. The lowest BCUT2D eigenvalue weighted by atomic mass is 10.2. The van der Waals surface area contributed by atoms with E-state index >= 15 is 0 Å². The first-order valence-electron chi connectivity index (χ1n) is 6.02. The van der Waals surface area contributed by atoms with Gasteiger partial charge in [-0.05, 0) is 33.6 Å². The van der Waals surface area contributed by atoms with Crippen LogP contribution in [-0.2, 0) is 0 Å². The fourth-order valence-electron chi connectivity index (χ4n) is 1.44. The Morgan fingerprint density at radius 2 is 2.24 bits per heavy atom. The average molecular weight is 239 g/mol. The van der Waals surface area contributed by atoms with Gasteiger partial charge < -0.3 is 15.2 Å². The Morgan fingerprint density at radius 1 is 1.47 bits per heavy atom. The zero-order valence-corrected chi connectivity index (χ0v) is 10.7. The van der Waals surface area contributed by atoms with Crippen LogP contribution >= 0.6 is 0 Å². The second-order valence-electron chi connectivity index (χ2n) is 4.02. The number of aromatic nitrogens is 2. The molecule has 1 rings (SSSR count). The van der Waals surface area contributed by atoms with Gasteiger partial charge in [-0.3, -0.25) is 0 Å². The summed E-state index contributed by atoms with van der Waals surface area (Å²) in [4.78, 5) is 8.50. The van der Waals surface area contributed by atoms with Gasteiger partial charge >= 0.3 is 0 Å². The summed E-state index contributed by atoms with van der Waals surface area (Å²) in [6.45, 7) is 6.96. The number of aliphatic hydroxyl groups is 1. The lowest BCUT2D eigenvalue weighted by Crippen LogP contribution is -2.09. The Bertz CT molecular complexity index is 343. The van der Waals surface area contributed by atoms with Gasteiger partial charge in [0.15, 0.2) is 0 Å². The molecule has 0 aliphatic heterocycles. The highest BCUT2D eigenvalue weighted by molar-refractivity contribution is 5.30. The molecule has 96 valence electrons. The summed E-state index contributed by atoms with van der Waals surface area (Å²) in [5.74, 6) is 1.18. The summed E-state index contributed by atoms with van der Waals surface area (Å²) in [5, 5.41) is 12.3. The van der Waals surface area contributed by atoms with E-state index in [2.05, 4.69) is 15.3 Å². The third-order valence-electron chi connectivity index (χ3n) is 2.20. The van der Waals surface area contributed by atoms with E-state index in [0.29, 0.717) is 18.4 Å². The summed E-state index contributed by atoms with van der Waals surface area (Å²) in [6.07, 6.45) is 1.41. The summed E-state index contributed by atoms with van der Waals surface area (Å²) in [5.41, 5.74) is 0.876. The number of aryl methyl sites for hydroxylation is 1. The minimum atomic E-state index is -0.255. The number of hydrogen-bond donors (Lipinski definition) is 2. The molecule has 1 aromatic heterocycles. The molecule has 1 atom stereocenters. The van der Waals surface area contributed by atoms with Crippen molar-refractivity contribution < 1.29 is 9.84 Å². The normalized spacial score (nSPS) is 12.2. The lowest BCUT2D eigenvalue weighted by molar-refractivity contribution is 0.183. The first-order chi connectivity index (χ1) is 8.11. The molecule has 17 heavy (non-hydrogen) atoms. The summed E-state index contributed by atoms with van der Waals surface area (Å²) < 4.78 is 5.34. The molecular weight excluding hydrogens is 218 g/mol. The molecule has 0 aliphatic rings. The fraction of sp³-hybridized carbons (Fsp3) is 0.667. The Kier molecular flexibility index (Phi) is 5.69. The molecule has 1 heterocycles. The molecule has 0 aromatic carbocycles. The van der Waals surface area contributed by atoms with Gasteiger partial charge in [0, 0.05) is 18.3 Å². The summed E-state index contributed by atoms with van der Waals surface area (Å²) in [7, 11) is 0. The van der Waals surface area contributed by atoms with Gasteiger partial charge in [-0.2, -0.15) is 4.98 Å². The number of nitrogens with zero attached hydrogens (tertiary/aromatic N) is 2. The van der Waals surface area contributed by atoms with Crippen LogP contribution in [0.15, 0.2) is 6.07 Å². The summed E-state index contributed by atoms with van der Waals surface area (Å²) in [6, 6.07) is 1.81. The maximum Gasteiger partial charge on any atom is 0.226 e. The molecule has 0 saturated heterocycles. The number of rotatable bonds is 7. The van der Waals surface area contributed by atoms with Crippen molar-refractivity contribution in [2.24, 2.45) is 0 Å². The third-order valence-corrected chi connectivity index (χ3v) is 2.20. The molecule has 0 fully saturated rings. The number of ether oxygens (including phenoxy) is 1. The highest BCUT2D eigenvalue weighted by atomic mass is 16.5. The Balaban J connectivity index is 2.46. The van der Waals surface area contributed by atoms with Crippen molar-refractivity contribution >= 4 is 5.95 Å². The van der Waals surface area contributed by atoms with E-state index in [-0.39, 0.29) is 6.10 Å². The zero-order chi connectivity index (χ0) is 12.7. The number of nitrogens with one attached hydrogen (secondary N) is 1. The van der Waals surface area contributed by atoms with Crippen LogP contribution in [-0.4, -0.2) is 34.3 Å². The van der Waals surface area contributed by atoms with E-state index in [1.165, 1.54) is 0 Å². The van der Waals surface area contributed by atoms with Gasteiger partial charge in [0.1, 0.15) is 0 Å². The van der Waals surface area contributed by atoms with Crippen molar-refractivity contribution in [3.63, 3.8) is 0 Å². The molecule has 1 aromatic rings. The fourth-order valence-corrected chi connectivity index (χ4v) is 1.44. The van der Waals surface area contributed by atoms with Crippen LogP contribution in [0.4, 0.5) is 5.95 Å². The van der Waals surface area contributed by atoms with E-state index in [9.17, 15) is 0 Å². The van der Waals surface area contributed by atoms with Crippen LogP contribution in [0.3, 0.4) is 0 Å². The average Bonchev–Trinajstić information content (AvgIpc) is 2.24. The topological polar surface area (TPSA) is 67.3 Å². The van der Waals surface area contributed by atoms with E-state index in [1.54, 1.807) is 6.92 Å². The van der Waals surface area contributed by atoms with Crippen molar-refractivity contribution in [2.45, 2.75) is 39.7 Å². The molecule has 0 aliphatic carbocycles. The molecule has 1 unspecified atom stereocenters. The van der Waals surface area contributed by atoms with Gasteiger partial charge in [-0.15, -0.1) is 0 Å². The second-order valence-corrected chi connectivity index (χ2v) is 4.02. The van der Waals surface area contributed by atoms with E-state index < -0.39 is 0 Å². The SMILES string of the molecule is CCOc1cc(C)nc(NCCCC(C)O)n1. The van der Waals surface area contributed by atoms with Gasteiger partial charge in [0.05, 0.1) is 12.7 Å². The molecule has 0 spiro atoms. The van der Waals surface area contributed by atoms with E-state index in [0.717, 1.165) is 25.1 Å². The largest absolute Gasteiger partial charge is 0.478 e. The lowest BCUT2D eigenvalue weighted by Gasteiger charge is -2.08. The molecule has 0 radical (unpaired) electrons. The van der Waals surface area contributed by atoms with E-state index in [1.807, 2.05) is 19.9 Å². The van der Waals surface area contributed by atoms with Crippen LogP contribution < -0.4 is 10.1 Å². The Labute approximate surface area is 102 Å². The molecular formula is C12H21N3O2. The number of aliphatic hydroxyl groups excluding tert-OH is 1. The van der Waals surface area contributed by atoms with Crippen LogP contribution in [0, 0.1) is 6.92 Å². The predicted octanol–water partition coefficient (Wildman–Crippen LogP) is 1.76. The second kappa shape index (κ2) is 7.06. The van der Waals surface area contributed by atoms with Crippen molar-refractivity contribution in [1.29, 1.82) is 0 Å². The van der Waals surface area contributed by atoms with Gasteiger partial charge in [0.2, 0.25) is 11.8 Å². The first kappa shape index (κ1) is 13.7. The van der Waals surface area contributed by atoms with Crippen molar-refractivity contribution in [2.75, 3.05) is 18.5 Å². The van der Waals surface area contributed by atoms with Gasteiger partial charge in [-0.1, -0.05) is 0 Å². The van der Waals surface area contributed by atoms with Gasteiger partial charge in [0.25, 0.3) is 0 Å². The maximum absolute atomic E-state index is 9.13. The number of hydrogen-bond acceptors (Lipinski definition) is 5. The van der Waals surface area contributed by atoms with Crippen LogP contribution in [0.5, 0.6) is 5.88 Å². The van der Waals surface area contributed by atoms with Crippen molar-refractivity contribution in [3.8, 4) is 5.88 Å². The molecule has 0 saturated carbocycles. The molecule has 5 heteroatoms. The quantitative estimate of drug-likeness (QED) is 0.710. The smallest absolute Gasteiger partial charge is 0.226 e. The molecule has 0 bridgehead atoms. The van der Waals surface area contributed by atoms with E-state index in [4.69, 9.17) is 9.84 Å². The van der Waals surface area contributed by atoms with Crippen molar-refractivity contribution in [3.05, 3.63) is 11.8 Å². The monoisotopic (exact) mass is 239 g/mol. The summed E-state index contributed by atoms with van der Waals surface area (Å²) >= 11 is 0. The third kappa shape index (κ3) is 5.49. The predicted molar refractivity (Wildman–Crippen MR) is 67.3 cm³/mol. The van der Waals surface area contributed by atoms with Gasteiger partial charge in [-0.25, -0.2) is 4.98 Å².